The van der Waals surface area contributed by atoms with Crippen LogP contribution in [0.3, 0.4) is 0 Å². The number of alkyl halides is 3. The van der Waals surface area contributed by atoms with E-state index in [0.717, 1.165) is 12.3 Å². The highest BCUT2D eigenvalue weighted by Crippen LogP contribution is 2.49. The molecule has 0 aliphatic heterocycles. The van der Waals surface area contributed by atoms with Gasteiger partial charge >= 0.3 is 6.36 Å². The van der Waals surface area contributed by atoms with Crippen LogP contribution in [0, 0.1) is 17.8 Å². The molecule has 1 N–H and O–H groups in total. The minimum absolute atomic E-state index is 0.0676. The van der Waals surface area contributed by atoms with Crippen molar-refractivity contribution < 1.29 is 22.7 Å². The van der Waals surface area contributed by atoms with Crippen LogP contribution in [-0.4, -0.2) is 12.3 Å². The van der Waals surface area contributed by atoms with Crippen LogP contribution < -0.4 is 10.1 Å². The number of rotatable bonds is 4. The van der Waals surface area contributed by atoms with E-state index in [9.17, 15) is 18.0 Å². The maximum atomic E-state index is 12.1. The fourth-order valence-corrected chi connectivity index (χ4v) is 3.82. The van der Waals surface area contributed by atoms with Gasteiger partial charge in [0, 0.05) is 12.1 Å². The van der Waals surface area contributed by atoms with Gasteiger partial charge < -0.3 is 10.1 Å². The van der Waals surface area contributed by atoms with Crippen molar-refractivity contribution in [3.8, 4) is 5.75 Å². The van der Waals surface area contributed by atoms with Crippen LogP contribution >= 0.6 is 0 Å². The highest BCUT2D eigenvalue weighted by atomic mass is 19.4. The number of carbonyl (C=O) groups excluding carboxylic acids is 1. The zero-order valence-electron chi connectivity index (χ0n) is 12.0. The number of carbonyl (C=O) groups is 1. The van der Waals surface area contributed by atoms with Crippen LogP contribution in [0.5, 0.6) is 5.75 Å². The molecule has 22 heavy (non-hydrogen) atoms. The molecule has 0 spiro atoms. The van der Waals surface area contributed by atoms with Crippen LogP contribution in [0.2, 0.25) is 0 Å². The number of fused-ring (bicyclic) bond motifs is 2. The second kappa shape index (κ2) is 5.82. The van der Waals surface area contributed by atoms with Crippen LogP contribution in [0.4, 0.5) is 18.9 Å². The average Bonchev–Trinajstić information content (AvgIpc) is 3.01. The van der Waals surface area contributed by atoms with Gasteiger partial charge in [-0.15, -0.1) is 13.2 Å². The van der Waals surface area contributed by atoms with Gasteiger partial charge in [-0.1, -0.05) is 6.42 Å². The molecule has 2 aliphatic rings. The lowest BCUT2D eigenvalue weighted by Crippen LogP contribution is -2.20. The number of nitrogens with one attached hydrogen (secondary N) is 1. The van der Waals surface area contributed by atoms with E-state index >= 15 is 0 Å². The topological polar surface area (TPSA) is 38.3 Å². The number of anilines is 1. The summed E-state index contributed by atoms with van der Waals surface area (Å²) in [5, 5.41) is 2.74. The summed E-state index contributed by atoms with van der Waals surface area (Å²) in [6, 6.07) is 5.22. The predicted octanol–water partition coefficient (Wildman–Crippen LogP) is 4.35. The molecule has 3 atom stereocenters. The second-order valence-electron chi connectivity index (χ2n) is 6.26. The lowest BCUT2D eigenvalue weighted by atomic mass is 9.86. The van der Waals surface area contributed by atoms with Gasteiger partial charge in [0.1, 0.15) is 5.75 Å². The smallest absolute Gasteiger partial charge is 0.406 e. The van der Waals surface area contributed by atoms with E-state index < -0.39 is 6.36 Å². The third-order valence-electron chi connectivity index (χ3n) is 4.70. The van der Waals surface area contributed by atoms with E-state index in [1.54, 1.807) is 0 Å². The summed E-state index contributed by atoms with van der Waals surface area (Å²) in [7, 11) is 0. The normalized spacial score (nSPS) is 27.0. The Balaban J connectivity index is 1.51. The minimum Gasteiger partial charge on any atom is -0.406 e. The van der Waals surface area contributed by atoms with E-state index in [0.29, 0.717) is 23.9 Å². The van der Waals surface area contributed by atoms with Crippen molar-refractivity contribution in [3.05, 3.63) is 24.3 Å². The minimum atomic E-state index is -4.70. The zero-order chi connectivity index (χ0) is 15.7. The van der Waals surface area contributed by atoms with E-state index in [1.807, 2.05) is 0 Å². The van der Waals surface area contributed by atoms with Gasteiger partial charge in [0.05, 0.1) is 0 Å². The van der Waals surface area contributed by atoms with Crippen LogP contribution in [0.25, 0.3) is 0 Å². The van der Waals surface area contributed by atoms with Gasteiger partial charge in [0.15, 0.2) is 0 Å². The van der Waals surface area contributed by atoms with Crippen molar-refractivity contribution in [3.63, 3.8) is 0 Å². The molecular formula is C16H18F3NO2. The molecule has 1 amide bonds. The SMILES string of the molecule is O=C(C[C@H]1C[C@H]2CC[C@@H]1C2)Nc1ccc(OC(F)(F)F)cc1. The van der Waals surface area contributed by atoms with Gasteiger partial charge in [-0.3, -0.25) is 4.79 Å². The number of hydrogen-bond acceptors (Lipinski definition) is 2. The first-order chi connectivity index (χ1) is 10.4. The van der Waals surface area contributed by atoms with E-state index in [1.165, 1.54) is 43.5 Å². The summed E-state index contributed by atoms with van der Waals surface area (Å²) < 4.78 is 40.0. The molecule has 0 heterocycles. The van der Waals surface area contributed by atoms with E-state index in [2.05, 4.69) is 10.1 Å². The van der Waals surface area contributed by atoms with Crippen LogP contribution in [-0.2, 0) is 4.79 Å². The van der Waals surface area contributed by atoms with Crippen molar-refractivity contribution in [1.82, 2.24) is 0 Å². The standard InChI is InChI=1S/C16H18F3NO2/c17-16(18,19)22-14-5-3-13(4-6-14)20-15(21)9-12-8-10-1-2-11(12)7-10/h3-6,10-12H,1-2,7-9H2,(H,20,21)/t10-,11+,12+/m0/s1. The number of hydrogen-bond donors (Lipinski definition) is 1. The first-order valence-electron chi connectivity index (χ1n) is 7.55. The molecule has 0 saturated heterocycles. The Morgan fingerprint density at radius 2 is 1.91 bits per heavy atom. The highest BCUT2D eigenvalue weighted by molar-refractivity contribution is 5.90. The molecule has 0 aromatic heterocycles. The first kappa shape index (κ1) is 15.2. The highest BCUT2D eigenvalue weighted by Gasteiger charge is 2.40. The van der Waals surface area contributed by atoms with Crippen molar-refractivity contribution in [2.75, 3.05) is 5.32 Å². The van der Waals surface area contributed by atoms with Gasteiger partial charge in [-0.25, -0.2) is 0 Å². The molecule has 6 heteroatoms. The van der Waals surface area contributed by atoms with Gasteiger partial charge in [-0.05, 0) is 61.3 Å². The molecule has 2 aliphatic carbocycles. The Bertz CT molecular complexity index is 541. The Morgan fingerprint density at radius 3 is 2.45 bits per heavy atom. The lowest BCUT2D eigenvalue weighted by molar-refractivity contribution is -0.274. The molecule has 1 aromatic carbocycles. The summed E-state index contributed by atoms with van der Waals surface area (Å²) >= 11 is 0. The number of amides is 1. The molecule has 2 fully saturated rings. The van der Waals surface area contributed by atoms with Crippen molar-refractivity contribution in [2.24, 2.45) is 17.8 Å². The Kier molecular flexibility index (Phi) is 4.02. The molecule has 3 nitrogen and oxygen atoms in total. The van der Waals surface area contributed by atoms with Crippen LogP contribution in [0.1, 0.15) is 32.1 Å². The summed E-state index contributed by atoms with van der Waals surface area (Å²) in [5.74, 6) is 1.58. The molecule has 0 radical (unpaired) electrons. The van der Waals surface area contributed by atoms with Crippen molar-refractivity contribution in [1.29, 1.82) is 0 Å². The third-order valence-corrected chi connectivity index (χ3v) is 4.70. The fourth-order valence-electron chi connectivity index (χ4n) is 3.82. The quantitative estimate of drug-likeness (QED) is 0.897. The molecule has 3 rings (SSSR count). The Hall–Kier alpha value is -1.72. The number of halogens is 3. The van der Waals surface area contributed by atoms with E-state index in [-0.39, 0.29) is 11.7 Å². The molecule has 0 unspecified atom stereocenters. The monoisotopic (exact) mass is 313 g/mol. The maximum Gasteiger partial charge on any atom is 0.573 e. The summed E-state index contributed by atoms with van der Waals surface area (Å²) in [6.45, 7) is 0. The second-order valence-corrected chi connectivity index (χ2v) is 6.26. The van der Waals surface area contributed by atoms with E-state index in [4.69, 9.17) is 0 Å². The van der Waals surface area contributed by atoms with Crippen LogP contribution in [0.15, 0.2) is 24.3 Å². The maximum absolute atomic E-state index is 12.1. The molecule has 120 valence electrons. The molecule has 1 aromatic rings. The fraction of sp³-hybridized carbons (Fsp3) is 0.562. The summed E-state index contributed by atoms with van der Waals surface area (Å²) in [4.78, 5) is 12.0. The molecule has 2 saturated carbocycles. The molecule has 2 bridgehead atoms. The molecular weight excluding hydrogens is 295 g/mol. The number of benzene rings is 1. The lowest BCUT2D eigenvalue weighted by Gasteiger charge is -2.20. The third kappa shape index (κ3) is 3.72. The van der Waals surface area contributed by atoms with Gasteiger partial charge in [0.2, 0.25) is 5.91 Å². The number of ether oxygens (including phenoxy) is 1. The summed E-state index contributed by atoms with van der Waals surface area (Å²) in [6.07, 6.45) is 0.710. The zero-order valence-corrected chi connectivity index (χ0v) is 12.0. The summed E-state index contributed by atoms with van der Waals surface area (Å²) in [5.41, 5.74) is 0.489. The first-order valence-corrected chi connectivity index (χ1v) is 7.55. The Labute approximate surface area is 126 Å². The predicted molar refractivity (Wildman–Crippen MR) is 75.3 cm³/mol. The largest absolute Gasteiger partial charge is 0.573 e. The average molecular weight is 313 g/mol. The van der Waals surface area contributed by atoms with Crippen molar-refractivity contribution >= 4 is 11.6 Å². The van der Waals surface area contributed by atoms with Gasteiger partial charge in [0.25, 0.3) is 0 Å². The van der Waals surface area contributed by atoms with Crippen molar-refractivity contribution in [2.45, 2.75) is 38.5 Å². The van der Waals surface area contributed by atoms with Gasteiger partial charge in [-0.2, -0.15) is 0 Å². The Morgan fingerprint density at radius 1 is 1.18 bits per heavy atom.